The Balaban J connectivity index is 2.62. The zero-order valence-electron chi connectivity index (χ0n) is 9.19. The van der Waals surface area contributed by atoms with Gasteiger partial charge in [-0.3, -0.25) is 4.79 Å². The molecule has 0 aromatic heterocycles. The molecule has 5 heteroatoms. The van der Waals surface area contributed by atoms with Gasteiger partial charge in [-0.2, -0.15) is 0 Å². The number of aliphatic carboxylic acids is 2. The highest BCUT2D eigenvalue weighted by Crippen LogP contribution is 2.32. The van der Waals surface area contributed by atoms with E-state index >= 15 is 0 Å². The summed E-state index contributed by atoms with van der Waals surface area (Å²) < 4.78 is 0. The van der Waals surface area contributed by atoms with Crippen LogP contribution in [0.15, 0.2) is 0 Å². The van der Waals surface area contributed by atoms with Crippen LogP contribution in [0.25, 0.3) is 0 Å². The lowest BCUT2D eigenvalue weighted by atomic mass is 9.79. The summed E-state index contributed by atoms with van der Waals surface area (Å²) in [4.78, 5) is 21.5. The molecule has 5 nitrogen and oxygen atoms in total. The van der Waals surface area contributed by atoms with E-state index in [1.54, 1.807) is 0 Å². The summed E-state index contributed by atoms with van der Waals surface area (Å²) in [5.74, 6) is -2.57. The van der Waals surface area contributed by atoms with Gasteiger partial charge in [-0.05, 0) is 12.3 Å². The van der Waals surface area contributed by atoms with Crippen molar-refractivity contribution in [3.63, 3.8) is 0 Å². The Morgan fingerprint density at radius 2 is 1.69 bits per heavy atom. The van der Waals surface area contributed by atoms with Crippen molar-refractivity contribution in [2.75, 3.05) is 0 Å². The highest BCUT2D eigenvalue weighted by atomic mass is 16.4. The van der Waals surface area contributed by atoms with Crippen molar-refractivity contribution in [3.8, 4) is 0 Å². The minimum atomic E-state index is -2.10. The van der Waals surface area contributed by atoms with E-state index in [1.165, 1.54) is 0 Å². The van der Waals surface area contributed by atoms with Crippen LogP contribution in [0.3, 0.4) is 0 Å². The van der Waals surface area contributed by atoms with Gasteiger partial charge < -0.3 is 15.3 Å². The molecule has 1 saturated carbocycles. The normalized spacial score (nSPS) is 21.3. The molecule has 1 fully saturated rings. The van der Waals surface area contributed by atoms with Crippen LogP contribution in [0, 0.1) is 5.92 Å². The van der Waals surface area contributed by atoms with E-state index in [0.717, 1.165) is 32.1 Å². The highest BCUT2D eigenvalue weighted by molar-refractivity contribution is 5.83. The summed E-state index contributed by atoms with van der Waals surface area (Å²) in [6, 6.07) is 0. The maximum Gasteiger partial charge on any atom is 0.336 e. The molecule has 1 aliphatic rings. The molecule has 0 radical (unpaired) electrons. The molecule has 1 atom stereocenters. The molecule has 16 heavy (non-hydrogen) atoms. The molecular weight excluding hydrogens is 212 g/mol. The fourth-order valence-corrected chi connectivity index (χ4v) is 2.35. The van der Waals surface area contributed by atoms with Gasteiger partial charge in [0, 0.05) is 0 Å². The predicted octanol–water partition coefficient (Wildman–Crippen LogP) is 1.25. The molecule has 0 bridgehead atoms. The lowest BCUT2D eigenvalue weighted by Gasteiger charge is -2.29. The van der Waals surface area contributed by atoms with E-state index in [-0.39, 0.29) is 12.3 Å². The van der Waals surface area contributed by atoms with E-state index in [1.807, 2.05) is 0 Å². The summed E-state index contributed by atoms with van der Waals surface area (Å²) in [6.07, 6.45) is 4.31. The first-order chi connectivity index (χ1) is 7.44. The van der Waals surface area contributed by atoms with Gasteiger partial charge in [0.15, 0.2) is 5.60 Å². The van der Waals surface area contributed by atoms with E-state index in [0.29, 0.717) is 0 Å². The summed E-state index contributed by atoms with van der Waals surface area (Å²) in [5, 5.41) is 27.3. The maximum atomic E-state index is 10.9. The first kappa shape index (κ1) is 13.0. The summed E-state index contributed by atoms with van der Waals surface area (Å²) in [6.45, 7) is 0. The van der Waals surface area contributed by atoms with Gasteiger partial charge in [0.05, 0.1) is 6.42 Å². The summed E-state index contributed by atoms with van der Waals surface area (Å²) in [5.41, 5.74) is -2.10. The highest BCUT2D eigenvalue weighted by Gasteiger charge is 2.40. The van der Waals surface area contributed by atoms with E-state index in [9.17, 15) is 14.7 Å². The third kappa shape index (κ3) is 3.48. The Kier molecular flexibility index (Phi) is 4.29. The molecule has 92 valence electrons. The Hall–Kier alpha value is -1.10. The van der Waals surface area contributed by atoms with Crippen molar-refractivity contribution in [1.82, 2.24) is 0 Å². The first-order valence-electron chi connectivity index (χ1n) is 5.61. The molecule has 0 aromatic carbocycles. The zero-order valence-corrected chi connectivity index (χ0v) is 9.19. The van der Waals surface area contributed by atoms with Crippen LogP contribution < -0.4 is 0 Å². The molecule has 0 saturated heterocycles. The molecule has 1 aliphatic carbocycles. The fourth-order valence-electron chi connectivity index (χ4n) is 2.35. The second-order valence-electron chi connectivity index (χ2n) is 4.62. The van der Waals surface area contributed by atoms with Gasteiger partial charge >= 0.3 is 11.9 Å². The molecule has 0 amide bonds. The molecule has 0 aromatic rings. The Labute approximate surface area is 94.1 Å². The smallest absolute Gasteiger partial charge is 0.336 e. The van der Waals surface area contributed by atoms with Crippen LogP contribution in [-0.4, -0.2) is 32.9 Å². The number of carbonyl (C=O) groups is 2. The summed E-state index contributed by atoms with van der Waals surface area (Å²) in [7, 11) is 0. The van der Waals surface area contributed by atoms with E-state index < -0.39 is 24.0 Å². The van der Waals surface area contributed by atoms with Crippen LogP contribution in [0.1, 0.15) is 44.9 Å². The standard InChI is InChI=1S/C11H18O5/c12-9(13)7-11(16,10(14)15)6-8-4-2-1-3-5-8/h8,16H,1-7H2,(H,12,13)(H,14,15). The molecule has 1 unspecified atom stereocenters. The van der Waals surface area contributed by atoms with Crippen LogP contribution >= 0.6 is 0 Å². The van der Waals surface area contributed by atoms with Crippen molar-refractivity contribution in [2.24, 2.45) is 5.92 Å². The molecule has 1 rings (SSSR count). The summed E-state index contributed by atoms with van der Waals surface area (Å²) >= 11 is 0. The van der Waals surface area contributed by atoms with Gasteiger partial charge in [0.25, 0.3) is 0 Å². The quantitative estimate of drug-likeness (QED) is 0.660. The number of rotatable bonds is 5. The van der Waals surface area contributed by atoms with Crippen molar-refractivity contribution < 1.29 is 24.9 Å². The third-order valence-electron chi connectivity index (χ3n) is 3.19. The molecular formula is C11H18O5. The van der Waals surface area contributed by atoms with Crippen molar-refractivity contribution in [3.05, 3.63) is 0 Å². The Bertz CT molecular complexity index is 270. The molecule has 0 heterocycles. The first-order valence-corrected chi connectivity index (χ1v) is 5.61. The number of carboxylic acid groups (broad SMARTS) is 2. The minimum absolute atomic E-state index is 0.0502. The third-order valence-corrected chi connectivity index (χ3v) is 3.19. The number of carboxylic acids is 2. The molecule has 0 spiro atoms. The van der Waals surface area contributed by atoms with Gasteiger partial charge in [-0.1, -0.05) is 32.1 Å². The number of aliphatic hydroxyl groups is 1. The topological polar surface area (TPSA) is 94.8 Å². The zero-order chi connectivity index (χ0) is 12.2. The Morgan fingerprint density at radius 3 is 2.12 bits per heavy atom. The average Bonchev–Trinajstić information content (AvgIpc) is 2.17. The molecule has 3 N–H and O–H groups in total. The SMILES string of the molecule is O=C(O)CC(O)(CC1CCCCC1)C(=O)O. The largest absolute Gasteiger partial charge is 0.481 e. The van der Waals surface area contributed by atoms with Crippen LogP contribution in [0.5, 0.6) is 0 Å². The van der Waals surface area contributed by atoms with Crippen molar-refractivity contribution in [2.45, 2.75) is 50.5 Å². The van der Waals surface area contributed by atoms with Crippen LogP contribution in [0.2, 0.25) is 0 Å². The van der Waals surface area contributed by atoms with Gasteiger partial charge in [0.1, 0.15) is 0 Å². The molecule has 0 aliphatic heterocycles. The number of hydrogen-bond donors (Lipinski definition) is 3. The van der Waals surface area contributed by atoms with E-state index in [2.05, 4.69) is 0 Å². The van der Waals surface area contributed by atoms with E-state index in [4.69, 9.17) is 10.2 Å². The monoisotopic (exact) mass is 230 g/mol. The number of hydrogen-bond acceptors (Lipinski definition) is 3. The second-order valence-corrected chi connectivity index (χ2v) is 4.62. The minimum Gasteiger partial charge on any atom is -0.481 e. The van der Waals surface area contributed by atoms with Crippen LogP contribution in [-0.2, 0) is 9.59 Å². The van der Waals surface area contributed by atoms with Gasteiger partial charge in [0.2, 0.25) is 0 Å². The van der Waals surface area contributed by atoms with Crippen molar-refractivity contribution >= 4 is 11.9 Å². The van der Waals surface area contributed by atoms with Gasteiger partial charge in [-0.15, -0.1) is 0 Å². The maximum absolute atomic E-state index is 10.9. The second kappa shape index (κ2) is 5.30. The lowest BCUT2D eigenvalue weighted by Crippen LogP contribution is -2.42. The van der Waals surface area contributed by atoms with Crippen molar-refractivity contribution in [1.29, 1.82) is 0 Å². The van der Waals surface area contributed by atoms with Crippen LogP contribution in [0.4, 0.5) is 0 Å². The fraction of sp³-hybridized carbons (Fsp3) is 0.818. The predicted molar refractivity (Wildman–Crippen MR) is 56.0 cm³/mol. The Morgan fingerprint density at radius 1 is 1.12 bits per heavy atom. The van der Waals surface area contributed by atoms with Gasteiger partial charge in [-0.25, -0.2) is 4.79 Å². The average molecular weight is 230 g/mol. The lowest BCUT2D eigenvalue weighted by molar-refractivity contribution is -0.167.